The third kappa shape index (κ3) is 4.33. The van der Waals surface area contributed by atoms with Gasteiger partial charge in [-0.1, -0.05) is 42.0 Å². The molecule has 2 fully saturated rings. The minimum absolute atomic E-state index is 0.0498. The van der Waals surface area contributed by atoms with Crippen molar-refractivity contribution in [3.63, 3.8) is 0 Å². The molecule has 5 rings (SSSR count). The van der Waals surface area contributed by atoms with Crippen molar-refractivity contribution in [1.29, 1.82) is 0 Å². The molecule has 2 aromatic carbocycles. The van der Waals surface area contributed by atoms with Crippen LogP contribution >= 0.6 is 0 Å². The quantitative estimate of drug-likeness (QED) is 0.733. The van der Waals surface area contributed by atoms with Gasteiger partial charge < -0.3 is 9.47 Å². The number of carbonyl (C=O) groups is 1. The van der Waals surface area contributed by atoms with Crippen LogP contribution in [0.4, 0.5) is 4.39 Å². The topological polar surface area (TPSA) is 54.4 Å². The molecule has 0 radical (unpaired) electrons. The molecule has 0 aromatic heterocycles. The second kappa shape index (κ2) is 8.73. The van der Waals surface area contributed by atoms with E-state index in [4.69, 9.17) is 14.6 Å². The van der Waals surface area contributed by atoms with Crippen LogP contribution in [0.2, 0.25) is 0 Å². The van der Waals surface area contributed by atoms with Gasteiger partial charge in [-0.15, -0.1) is 0 Å². The van der Waals surface area contributed by atoms with E-state index < -0.39 is 5.79 Å². The number of hydrogen-bond acceptors (Lipinski definition) is 5. The van der Waals surface area contributed by atoms with E-state index in [2.05, 4.69) is 11.0 Å². The van der Waals surface area contributed by atoms with Crippen molar-refractivity contribution in [3.05, 3.63) is 71.0 Å². The summed E-state index contributed by atoms with van der Waals surface area (Å²) in [6.45, 7) is 5.11. The molecule has 0 N–H and O–H groups in total. The molecule has 7 heteroatoms. The van der Waals surface area contributed by atoms with E-state index in [9.17, 15) is 9.18 Å². The summed E-state index contributed by atoms with van der Waals surface area (Å²) < 4.78 is 25.1. The molecule has 1 unspecified atom stereocenters. The molecule has 32 heavy (non-hydrogen) atoms. The number of hydrogen-bond donors (Lipinski definition) is 0. The van der Waals surface area contributed by atoms with Crippen LogP contribution in [0.15, 0.2) is 53.6 Å². The first-order chi connectivity index (χ1) is 15.5. The second-order valence-electron chi connectivity index (χ2n) is 8.81. The van der Waals surface area contributed by atoms with Crippen molar-refractivity contribution in [1.82, 2.24) is 9.91 Å². The van der Waals surface area contributed by atoms with Crippen LogP contribution in [0.3, 0.4) is 0 Å². The van der Waals surface area contributed by atoms with Crippen molar-refractivity contribution in [2.45, 2.75) is 38.0 Å². The van der Waals surface area contributed by atoms with Crippen LogP contribution in [-0.2, 0) is 14.3 Å². The molecule has 2 saturated heterocycles. The molecule has 0 saturated carbocycles. The van der Waals surface area contributed by atoms with Crippen LogP contribution in [0.25, 0.3) is 0 Å². The number of carbonyl (C=O) groups excluding carboxylic acids is 1. The van der Waals surface area contributed by atoms with E-state index in [1.807, 2.05) is 25.1 Å². The van der Waals surface area contributed by atoms with Crippen molar-refractivity contribution >= 4 is 11.6 Å². The summed E-state index contributed by atoms with van der Waals surface area (Å²) in [5.41, 5.74) is 3.92. The number of halogens is 1. The van der Waals surface area contributed by atoms with E-state index in [0.717, 1.165) is 48.3 Å². The Morgan fingerprint density at radius 3 is 2.53 bits per heavy atom. The van der Waals surface area contributed by atoms with Gasteiger partial charge in [-0.2, -0.15) is 5.10 Å². The van der Waals surface area contributed by atoms with Gasteiger partial charge in [-0.3, -0.25) is 9.69 Å². The Kier molecular flexibility index (Phi) is 5.80. The standard InChI is InChI=1S/C25H28FN3O3/c1-18-3-2-4-20(15-18)22-16-23(19-5-7-21(26)8-6-19)29(27-22)24(30)17-28-11-9-25(10-12-28)31-13-14-32-25/h2-8,15,23H,9-14,16-17H2,1H3. The summed E-state index contributed by atoms with van der Waals surface area (Å²) in [4.78, 5) is 15.5. The molecule has 1 atom stereocenters. The van der Waals surface area contributed by atoms with Gasteiger partial charge in [-0.05, 0) is 30.2 Å². The molecular formula is C25H28FN3O3. The van der Waals surface area contributed by atoms with Gasteiger partial charge in [0.15, 0.2) is 5.79 Å². The average Bonchev–Trinajstić information content (AvgIpc) is 3.44. The largest absolute Gasteiger partial charge is 0.347 e. The zero-order chi connectivity index (χ0) is 22.1. The van der Waals surface area contributed by atoms with E-state index in [1.54, 1.807) is 17.1 Å². The summed E-state index contributed by atoms with van der Waals surface area (Å²) in [6.07, 6.45) is 2.13. The maximum Gasteiger partial charge on any atom is 0.257 e. The van der Waals surface area contributed by atoms with Crippen LogP contribution < -0.4 is 0 Å². The predicted molar refractivity (Wildman–Crippen MR) is 119 cm³/mol. The number of likely N-dealkylation sites (tertiary alicyclic amines) is 1. The summed E-state index contributed by atoms with van der Waals surface area (Å²) in [5.74, 6) is -0.797. The third-order valence-electron chi connectivity index (χ3n) is 6.56. The number of benzene rings is 2. The van der Waals surface area contributed by atoms with Gasteiger partial charge in [0.1, 0.15) is 5.82 Å². The molecule has 0 aliphatic carbocycles. The highest BCUT2D eigenvalue weighted by Crippen LogP contribution is 2.34. The first kappa shape index (κ1) is 21.2. The fraction of sp³-hybridized carbons (Fsp3) is 0.440. The highest BCUT2D eigenvalue weighted by molar-refractivity contribution is 6.03. The molecule has 3 aliphatic rings. The lowest BCUT2D eigenvalue weighted by Gasteiger charge is -2.37. The van der Waals surface area contributed by atoms with Crippen molar-refractivity contribution in [2.24, 2.45) is 5.10 Å². The number of ether oxygens (including phenoxy) is 2. The summed E-state index contributed by atoms with van der Waals surface area (Å²) in [6, 6.07) is 14.3. The van der Waals surface area contributed by atoms with E-state index >= 15 is 0 Å². The van der Waals surface area contributed by atoms with Crippen LogP contribution in [0, 0.1) is 12.7 Å². The first-order valence-corrected chi connectivity index (χ1v) is 11.2. The summed E-state index contributed by atoms with van der Waals surface area (Å²) in [5, 5.41) is 6.34. The molecule has 1 amide bonds. The molecule has 0 bridgehead atoms. The highest BCUT2D eigenvalue weighted by atomic mass is 19.1. The first-order valence-electron chi connectivity index (χ1n) is 11.2. The smallest absolute Gasteiger partial charge is 0.257 e. The van der Waals surface area contributed by atoms with Crippen LogP contribution in [-0.4, -0.2) is 60.2 Å². The van der Waals surface area contributed by atoms with Crippen LogP contribution in [0.1, 0.15) is 42.0 Å². The summed E-state index contributed by atoms with van der Waals surface area (Å²) >= 11 is 0. The lowest BCUT2D eigenvalue weighted by molar-refractivity contribution is -0.186. The third-order valence-corrected chi connectivity index (χ3v) is 6.56. The van der Waals surface area contributed by atoms with Gasteiger partial charge in [0.2, 0.25) is 0 Å². The number of nitrogens with zero attached hydrogens (tertiary/aromatic N) is 3. The predicted octanol–water partition coefficient (Wildman–Crippen LogP) is 3.65. The Bertz CT molecular complexity index is 1010. The van der Waals surface area contributed by atoms with Crippen molar-refractivity contribution < 1.29 is 18.7 Å². The average molecular weight is 438 g/mol. The SMILES string of the molecule is Cc1cccc(C2=NN(C(=O)CN3CCC4(CC3)OCCO4)C(c3ccc(F)cc3)C2)c1. The van der Waals surface area contributed by atoms with Gasteiger partial charge in [0.05, 0.1) is 31.5 Å². The second-order valence-corrected chi connectivity index (χ2v) is 8.81. The van der Waals surface area contributed by atoms with Gasteiger partial charge in [-0.25, -0.2) is 9.40 Å². The number of amides is 1. The molecule has 2 aromatic rings. The number of rotatable bonds is 4. The number of piperidine rings is 1. The van der Waals surface area contributed by atoms with Crippen molar-refractivity contribution in [2.75, 3.05) is 32.8 Å². The van der Waals surface area contributed by atoms with Gasteiger partial charge in [0.25, 0.3) is 5.91 Å². The molecule has 3 heterocycles. The molecular weight excluding hydrogens is 409 g/mol. The minimum atomic E-state index is -0.458. The van der Waals surface area contributed by atoms with Crippen molar-refractivity contribution in [3.8, 4) is 0 Å². The normalized spacial score (nSPS) is 23.0. The molecule has 3 aliphatic heterocycles. The Morgan fingerprint density at radius 1 is 1.12 bits per heavy atom. The van der Waals surface area contributed by atoms with Gasteiger partial charge >= 0.3 is 0 Å². The lowest BCUT2D eigenvalue weighted by atomic mass is 9.97. The summed E-state index contributed by atoms with van der Waals surface area (Å²) in [7, 11) is 0. The molecule has 6 nitrogen and oxygen atoms in total. The molecule has 1 spiro atoms. The Labute approximate surface area is 187 Å². The zero-order valence-corrected chi connectivity index (χ0v) is 18.3. The Balaban J connectivity index is 1.34. The highest BCUT2D eigenvalue weighted by Gasteiger charge is 2.41. The van der Waals surface area contributed by atoms with Gasteiger partial charge in [0, 0.05) is 32.4 Å². The lowest BCUT2D eigenvalue weighted by Crippen LogP contribution is -2.48. The van der Waals surface area contributed by atoms with E-state index in [-0.39, 0.29) is 17.8 Å². The Hall–Kier alpha value is -2.61. The van der Waals surface area contributed by atoms with E-state index in [1.165, 1.54) is 12.1 Å². The minimum Gasteiger partial charge on any atom is -0.347 e. The molecule has 168 valence electrons. The zero-order valence-electron chi connectivity index (χ0n) is 18.3. The Morgan fingerprint density at radius 2 is 1.84 bits per heavy atom. The van der Waals surface area contributed by atoms with E-state index in [0.29, 0.717) is 26.2 Å². The number of aryl methyl sites for hydroxylation is 1. The monoisotopic (exact) mass is 437 g/mol. The fourth-order valence-corrected chi connectivity index (χ4v) is 4.79. The number of hydrazone groups is 1. The maximum atomic E-state index is 13.5. The van der Waals surface area contributed by atoms with Crippen LogP contribution in [0.5, 0.6) is 0 Å². The maximum absolute atomic E-state index is 13.5. The fourth-order valence-electron chi connectivity index (χ4n) is 4.79.